The van der Waals surface area contributed by atoms with Crippen molar-refractivity contribution in [1.29, 1.82) is 0 Å². The average Bonchev–Trinajstić information content (AvgIpc) is 2.64. The summed E-state index contributed by atoms with van der Waals surface area (Å²) in [6.45, 7) is 0.524. The molecule has 2 rings (SSSR count). The zero-order valence-corrected chi connectivity index (χ0v) is 15.0. The summed E-state index contributed by atoms with van der Waals surface area (Å²) in [6.07, 6.45) is -4.14. The molecule has 28 heavy (non-hydrogen) atoms. The van der Waals surface area contributed by atoms with Gasteiger partial charge in [-0.1, -0.05) is 30.3 Å². The van der Waals surface area contributed by atoms with Crippen molar-refractivity contribution in [2.24, 2.45) is 0 Å². The van der Waals surface area contributed by atoms with E-state index in [4.69, 9.17) is 9.84 Å². The minimum atomic E-state index is -4.44. The van der Waals surface area contributed by atoms with E-state index in [2.05, 4.69) is 5.32 Å². The highest BCUT2D eigenvalue weighted by Crippen LogP contribution is 2.29. The van der Waals surface area contributed by atoms with Crippen LogP contribution in [0.3, 0.4) is 0 Å². The summed E-state index contributed by atoms with van der Waals surface area (Å²) in [5.41, 5.74) is 0.310. The quantitative estimate of drug-likeness (QED) is 0.633. The number of halogens is 3. The Bertz CT molecular complexity index is 804. The minimum Gasteiger partial charge on any atom is -0.494 e. The van der Waals surface area contributed by atoms with E-state index in [1.165, 1.54) is 12.1 Å². The molecule has 0 unspecified atom stereocenters. The van der Waals surface area contributed by atoms with E-state index in [0.717, 1.165) is 17.7 Å². The zero-order chi connectivity index (χ0) is 20.6. The standard InChI is InChI=1S/C20H20F3NO4/c21-20(22,23)16-4-1-3-15(11-16)12-18(25)24-13-14-6-8-17(9-7-14)28-10-2-5-19(26)27/h1,3-4,6-9,11H,2,5,10,12-13H2,(H,24,25)(H,26,27). The summed E-state index contributed by atoms with van der Waals surface area (Å²) in [5.74, 6) is -0.669. The van der Waals surface area contributed by atoms with Gasteiger partial charge in [-0.15, -0.1) is 0 Å². The molecular weight excluding hydrogens is 375 g/mol. The molecule has 0 spiro atoms. The second kappa shape index (κ2) is 9.77. The Morgan fingerprint density at radius 3 is 2.39 bits per heavy atom. The summed E-state index contributed by atoms with van der Waals surface area (Å²) in [7, 11) is 0. The average molecular weight is 395 g/mol. The Kier molecular flexibility index (Phi) is 7.43. The Balaban J connectivity index is 1.79. The molecule has 0 aromatic heterocycles. The summed E-state index contributed by atoms with van der Waals surface area (Å²) < 4.78 is 43.5. The first kappa shape index (κ1) is 21.3. The van der Waals surface area contributed by atoms with E-state index in [9.17, 15) is 22.8 Å². The maximum absolute atomic E-state index is 12.7. The van der Waals surface area contributed by atoms with Crippen molar-refractivity contribution in [3.8, 4) is 5.75 Å². The van der Waals surface area contributed by atoms with Gasteiger partial charge in [0, 0.05) is 13.0 Å². The lowest BCUT2D eigenvalue weighted by Gasteiger charge is -2.10. The molecule has 2 N–H and O–H groups in total. The zero-order valence-electron chi connectivity index (χ0n) is 15.0. The molecule has 0 fully saturated rings. The number of carboxylic acids is 1. The number of alkyl halides is 3. The SMILES string of the molecule is O=C(O)CCCOc1ccc(CNC(=O)Cc2cccc(C(F)(F)F)c2)cc1. The number of carbonyl (C=O) groups excluding carboxylic acids is 1. The van der Waals surface area contributed by atoms with Crippen molar-refractivity contribution in [2.75, 3.05) is 6.61 Å². The third kappa shape index (κ3) is 7.30. The van der Waals surface area contributed by atoms with Crippen molar-refractivity contribution in [2.45, 2.75) is 32.0 Å². The highest BCUT2D eigenvalue weighted by molar-refractivity contribution is 5.78. The minimum absolute atomic E-state index is 0.0377. The van der Waals surface area contributed by atoms with Crippen LogP contribution in [0.1, 0.15) is 29.5 Å². The number of rotatable bonds is 9. The van der Waals surface area contributed by atoms with Crippen molar-refractivity contribution in [1.82, 2.24) is 5.32 Å². The van der Waals surface area contributed by atoms with Crippen LogP contribution < -0.4 is 10.1 Å². The van der Waals surface area contributed by atoms with E-state index in [-0.39, 0.29) is 30.9 Å². The van der Waals surface area contributed by atoms with Crippen molar-refractivity contribution < 1.29 is 32.6 Å². The first-order chi connectivity index (χ1) is 13.2. The van der Waals surface area contributed by atoms with Crippen LogP contribution in [0, 0.1) is 0 Å². The van der Waals surface area contributed by atoms with Crippen molar-refractivity contribution in [3.05, 3.63) is 65.2 Å². The number of carboxylic acid groups (broad SMARTS) is 1. The lowest BCUT2D eigenvalue weighted by molar-refractivity contribution is -0.138. The van der Waals surface area contributed by atoms with Crippen LogP contribution >= 0.6 is 0 Å². The lowest BCUT2D eigenvalue weighted by atomic mass is 10.1. The fourth-order valence-corrected chi connectivity index (χ4v) is 2.42. The van der Waals surface area contributed by atoms with Crippen LogP contribution in [0.4, 0.5) is 13.2 Å². The number of ether oxygens (including phenoxy) is 1. The molecule has 0 atom stereocenters. The molecule has 2 aromatic rings. The topological polar surface area (TPSA) is 75.6 Å². The van der Waals surface area contributed by atoms with Crippen molar-refractivity contribution in [3.63, 3.8) is 0 Å². The van der Waals surface area contributed by atoms with Crippen LogP contribution in [0.2, 0.25) is 0 Å². The molecular formula is C20H20F3NO4. The van der Waals surface area contributed by atoms with Gasteiger partial charge in [0.05, 0.1) is 18.6 Å². The summed E-state index contributed by atoms with van der Waals surface area (Å²) >= 11 is 0. The van der Waals surface area contributed by atoms with E-state index in [0.29, 0.717) is 18.8 Å². The molecule has 0 heterocycles. The maximum Gasteiger partial charge on any atom is 0.416 e. The summed E-state index contributed by atoms with van der Waals surface area (Å²) in [6, 6.07) is 11.6. The molecule has 1 amide bonds. The predicted molar refractivity (Wildman–Crippen MR) is 95.8 cm³/mol. The molecule has 8 heteroatoms. The summed E-state index contributed by atoms with van der Waals surface area (Å²) in [5, 5.41) is 11.2. The number of carbonyl (C=O) groups is 2. The second-order valence-electron chi connectivity index (χ2n) is 6.14. The molecule has 5 nitrogen and oxygen atoms in total. The van der Waals surface area contributed by atoms with Gasteiger partial charge < -0.3 is 15.2 Å². The van der Waals surface area contributed by atoms with Crippen LogP contribution in [-0.2, 0) is 28.7 Å². The van der Waals surface area contributed by atoms with E-state index >= 15 is 0 Å². The smallest absolute Gasteiger partial charge is 0.416 e. The molecule has 2 aromatic carbocycles. The fourth-order valence-electron chi connectivity index (χ4n) is 2.42. The van der Waals surface area contributed by atoms with Gasteiger partial charge in [-0.05, 0) is 35.7 Å². The number of hydrogen-bond acceptors (Lipinski definition) is 3. The van der Waals surface area contributed by atoms with E-state index in [1.54, 1.807) is 24.3 Å². The predicted octanol–water partition coefficient (Wildman–Crippen LogP) is 3.81. The van der Waals surface area contributed by atoms with E-state index in [1.807, 2.05) is 0 Å². The van der Waals surface area contributed by atoms with Gasteiger partial charge in [-0.25, -0.2) is 0 Å². The Morgan fingerprint density at radius 1 is 1.04 bits per heavy atom. The molecule has 0 aliphatic rings. The van der Waals surface area contributed by atoms with Gasteiger partial charge in [0.2, 0.25) is 5.91 Å². The number of hydrogen-bond donors (Lipinski definition) is 2. The van der Waals surface area contributed by atoms with Crippen molar-refractivity contribution >= 4 is 11.9 Å². The second-order valence-corrected chi connectivity index (χ2v) is 6.14. The van der Waals surface area contributed by atoms with Gasteiger partial charge >= 0.3 is 12.1 Å². The Hall–Kier alpha value is -3.03. The molecule has 0 aliphatic heterocycles. The highest BCUT2D eigenvalue weighted by atomic mass is 19.4. The highest BCUT2D eigenvalue weighted by Gasteiger charge is 2.30. The van der Waals surface area contributed by atoms with Crippen LogP contribution in [0.25, 0.3) is 0 Å². The Labute approximate surface area is 160 Å². The molecule has 0 aliphatic carbocycles. The number of nitrogens with one attached hydrogen (secondary N) is 1. The molecule has 0 saturated heterocycles. The number of benzene rings is 2. The maximum atomic E-state index is 12.7. The first-order valence-corrected chi connectivity index (χ1v) is 8.60. The monoisotopic (exact) mass is 395 g/mol. The molecule has 0 saturated carbocycles. The molecule has 0 radical (unpaired) electrons. The van der Waals surface area contributed by atoms with Crippen LogP contribution in [-0.4, -0.2) is 23.6 Å². The lowest BCUT2D eigenvalue weighted by Crippen LogP contribution is -2.24. The largest absolute Gasteiger partial charge is 0.494 e. The van der Waals surface area contributed by atoms with Gasteiger partial charge in [0.25, 0.3) is 0 Å². The van der Waals surface area contributed by atoms with Gasteiger partial charge in [-0.3, -0.25) is 9.59 Å². The third-order valence-corrected chi connectivity index (χ3v) is 3.84. The van der Waals surface area contributed by atoms with Crippen LogP contribution in [0.15, 0.2) is 48.5 Å². The number of amides is 1. The van der Waals surface area contributed by atoms with Gasteiger partial charge in [0.15, 0.2) is 0 Å². The van der Waals surface area contributed by atoms with Gasteiger partial charge in [0.1, 0.15) is 5.75 Å². The van der Waals surface area contributed by atoms with Crippen LogP contribution in [0.5, 0.6) is 5.75 Å². The first-order valence-electron chi connectivity index (χ1n) is 8.60. The Morgan fingerprint density at radius 2 is 1.75 bits per heavy atom. The summed E-state index contributed by atoms with van der Waals surface area (Å²) in [4.78, 5) is 22.4. The fraction of sp³-hybridized carbons (Fsp3) is 0.300. The van der Waals surface area contributed by atoms with E-state index < -0.39 is 17.7 Å². The normalized spacial score (nSPS) is 11.1. The third-order valence-electron chi connectivity index (χ3n) is 3.84. The number of aliphatic carboxylic acids is 1. The molecule has 0 bridgehead atoms. The molecule has 150 valence electrons. The van der Waals surface area contributed by atoms with Gasteiger partial charge in [-0.2, -0.15) is 13.2 Å².